The van der Waals surface area contributed by atoms with Gasteiger partial charge in [0.1, 0.15) is 58.6 Å². The zero-order chi connectivity index (χ0) is 93.0. The van der Waals surface area contributed by atoms with E-state index >= 15 is 0 Å². The van der Waals surface area contributed by atoms with Crippen molar-refractivity contribution in [2.75, 3.05) is 85.4 Å². The SMILES string of the molecule is CC(=O)OCCOC(=O)CCCn1cnc2ccccc21.COCCOC(=O)CCCn1cnc2ccccc21.CSCCOC(=O)CCCn1cnc2ccccc21.N#CCCOC(=O)CCCn1cnc2ccccc21.O=C(CCCn1cnc2ccccc21)OC1CCCCC1.O=C(CCCn1cnc2ccccc21)OCCO.c1ccc2c(c1)ncn2CC1COCO1. The zero-order valence-corrected chi connectivity index (χ0v) is 76.1. The van der Waals surface area contributed by atoms with E-state index in [1.54, 1.807) is 44.2 Å². The molecule has 14 aromatic rings. The Kier molecular flexibility index (Phi) is 44.2. The molecule has 0 radical (unpaired) electrons. The zero-order valence-electron chi connectivity index (χ0n) is 75.3. The van der Waals surface area contributed by atoms with Crippen LogP contribution >= 0.6 is 11.8 Å². The second-order valence-electron chi connectivity index (χ2n) is 30.7. The van der Waals surface area contributed by atoms with E-state index < -0.39 is 0 Å². The van der Waals surface area contributed by atoms with Crippen LogP contribution < -0.4 is 0 Å². The molecule has 1 unspecified atom stereocenters. The summed E-state index contributed by atoms with van der Waals surface area (Å²) in [5.74, 6) is -0.665. The molecule has 33 nitrogen and oxygen atoms in total. The first-order valence-electron chi connectivity index (χ1n) is 44.7. The molecule has 1 saturated carbocycles. The quantitative estimate of drug-likeness (QED) is 0.0212. The number of imidazole rings is 7. The first kappa shape index (κ1) is 101. The number of rotatable bonds is 40. The molecular weight excluding hydrogens is 1710 g/mol. The van der Waals surface area contributed by atoms with Crippen molar-refractivity contribution >= 4 is 131 Å². The van der Waals surface area contributed by atoms with Crippen molar-refractivity contribution in [2.24, 2.45) is 0 Å². The number of thioether (sulfide) groups is 1. The maximum atomic E-state index is 11.9. The van der Waals surface area contributed by atoms with Crippen molar-refractivity contribution < 1.29 is 86.0 Å². The number of methoxy groups -OCH3 is 1. The van der Waals surface area contributed by atoms with Gasteiger partial charge in [-0.15, -0.1) is 0 Å². The molecule has 1 aliphatic heterocycles. The lowest BCUT2D eigenvalue weighted by molar-refractivity contribution is -0.151. The van der Waals surface area contributed by atoms with Gasteiger partial charge in [0.25, 0.3) is 0 Å². The number of carbonyl (C=O) groups excluding carboxylic acids is 7. The summed E-state index contributed by atoms with van der Waals surface area (Å²) in [6.45, 7) is 9.35. The van der Waals surface area contributed by atoms with E-state index in [-0.39, 0.29) is 93.4 Å². The van der Waals surface area contributed by atoms with E-state index in [1.165, 1.54) is 26.2 Å². The van der Waals surface area contributed by atoms with Crippen LogP contribution in [0.1, 0.15) is 122 Å². The first-order valence-corrected chi connectivity index (χ1v) is 46.1. The second-order valence-corrected chi connectivity index (χ2v) is 31.6. The second kappa shape index (κ2) is 57.8. The number of aryl methyl sites for hydroxylation is 6. The summed E-state index contributed by atoms with van der Waals surface area (Å²) in [7, 11) is 1.58. The minimum absolute atomic E-state index is 0.0497. The third kappa shape index (κ3) is 34.9. The van der Waals surface area contributed by atoms with Crippen molar-refractivity contribution in [3.05, 3.63) is 214 Å². The Morgan fingerprint density at radius 1 is 0.394 bits per heavy atom. The smallest absolute Gasteiger partial charge is 0.306 e. The first-order chi connectivity index (χ1) is 64.7. The summed E-state index contributed by atoms with van der Waals surface area (Å²) in [6.07, 6.45) is 27.8. The average molecular weight is 1830 g/mol. The van der Waals surface area contributed by atoms with Crippen molar-refractivity contribution in [3.8, 4) is 6.07 Å². The van der Waals surface area contributed by atoms with Crippen molar-refractivity contribution in [1.82, 2.24) is 66.9 Å². The van der Waals surface area contributed by atoms with Crippen LogP contribution in [-0.2, 0) is 127 Å². The third-order valence-corrected chi connectivity index (χ3v) is 21.5. The van der Waals surface area contributed by atoms with Gasteiger partial charge in [-0.1, -0.05) is 91.3 Å². The average Bonchev–Trinajstić information content (AvgIpc) is 1.71. The molecule has 1 saturated heterocycles. The van der Waals surface area contributed by atoms with Gasteiger partial charge in [-0.3, -0.25) is 33.6 Å². The Morgan fingerprint density at radius 3 is 1.00 bits per heavy atom. The van der Waals surface area contributed by atoms with Gasteiger partial charge >= 0.3 is 41.8 Å². The van der Waals surface area contributed by atoms with E-state index in [2.05, 4.69) is 70.0 Å². The summed E-state index contributed by atoms with van der Waals surface area (Å²) < 4.78 is 64.7. The molecule has 700 valence electrons. The Bertz CT molecular complexity index is 5760. The Balaban J connectivity index is 0.000000160. The number of hydrogen-bond acceptors (Lipinski definition) is 27. The number of benzene rings is 7. The number of aromatic nitrogens is 14. The summed E-state index contributed by atoms with van der Waals surface area (Å²) in [4.78, 5) is 109. The molecule has 8 heterocycles. The van der Waals surface area contributed by atoms with Crippen LogP contribution in [0.15, 0.2) is 214 Å². The molecule has 7 aromatic heterocycles. The van der Waals surface area contributed by atoms with Crippen LogP contribution in [0.3, 0.4) is 0 Å². The van der Waals surface area contributed by atoms with Crippen LogP contribution in [-0.4, -0.2) is 211 Å². The summed E-state index contributed by atoms with van der Waals surface area (Å²) in [6, 6.07) is 57.7. The number of esters is 7. The standard InChI is InChI=1S/C17H22N2O2.C15H18N2O4.C14H15N3O2.C14H18N2O3.C14H18N2O2S.C13H16N2O3.C11H12N2O2/c20-17(21-14-7-2-1-3-8-14)11-6-12-19-13-18-15-9-4-5-10-16(15)19;1-12(18)20-9-10-21-15(19)7-4-8-17-11-16-13-5-2-3-6-14(13)17;15-8-4-10-19-14(18)7-3-9-17-11-16-12-5-1-2-6-13(12)17;1-18-9-10-19-14(17)7-4-8-16-11-15-12-5-2-3-6-13(12)16;1-19-10-9-18-14(17)7-4-8-16-11-15-12-5-2-3-6-13(12)16;16-8-9-18-13(17)6-3-7-15-10-14-11-4-1-2-5-12(11)15;1-2-4-11-10(3-1)12-7-13(11)5-9-6-14-8-15-9/h4-5,9-10,13-14H,1-3,6-8,11-12H2;2-3,5-6,11H,4,7-10H2,1H3;1-2,5-6,11H,3-4,7,9-10H2;2*2-3,5-6,11H,4,7-10H2,1H3;1-2,4-5,10,16H,3,6-9H2;1-4,7,9H,5-6,8H2. The fraction of sp³-hybridized carbons (Fsp3) is 0.418. The molecule has 1 N–H and O–H groups in total. The van der Waals surface area contributed by atoms with Crippen LogP contribution in [0.5, 0.6) is 0 Å². The number of ether oxygens (including phenoxy) is 10. The summed E-state index contributed by atoms with van der Waals surface area (Å²) in [5, 5.41) is 16.8. The van der Waals surface area contributed by atoms with Gasteiger partial charge in [0.2, 0.25) is 0 Å². The van der Waals surface area contributed by atoms with Crippen LogP contribution in [0, 0.1) is 11.3 Å². The maximum Gasteiger partial charge on any atom is 0.306 e. The minimum atomic E-state index is -0.377. The van der Waals surface area contributed by atoms with Gasteiger partial charge in [0, 0.05) is 97.6 Å². The number of nitriles is 1. The molecular formula is C98H119N15O18S. The number of hydrogen-bond donors (Lipinski definition) is 1. The molecule has 7 aromatic carbocycles. The molecule has 0 amide bonds. The lowest BCUT2D eigenvalue weighted by atomic mass is 9.98. The number of carbonyl (C=O) groups is 7. The molecule has 0 spiro atoms. The number of fused-ring (bicyclic) bond motifs is 7. The molecule has 132 heavy (non-hydrogen) atoms. The van der Waals surface area contributed by atoms with Gasteiger partial charge in [0.15, 0.2) is 0 Å². The fourth-order valence-corrected chi connectivity index (χ4v) is 14.6. The van der Waals surface area contributed by atoms with Crippen molar-refractivity contribution in [2.45, 2.75) is 181 Å². The number of aliphatic hydroxyl groups is 1. The van der Waals surface area contributed by atoms with E-state index in [9.17, 15) is 33.6 Å². The monoisotopic (exact) mass is 1830 g/mol. The van der Waals surface area contributed by atoms with Crippen LogP contribution in [0.4, 0.5) is 0 Å². The van der Waals surface area contributed by atoms with E-state index in [0.717, 1.165) is 154 Å². The van der Waals surface area contributed by atoms with Gasteiger partial charge in [-0.2, -0.15) is 17.0 Å². The lowest BCUT2D eigenvalue weighted by Crippen LogP contribution is -2.20. The largest absolute Gasteiger partial charge is 0.465 e. The highest BCUT2D eigenvalue weighted by Crippen LogP contribution is 2.24. The highest BCUT2D eigenvalue weighted by molar-refractivity contribution is 7.98. The summed E-state index contributed by atoms with van der Waals surface area (Å²) in [5.41, 5.74) is 14.5. The molecule has 16 rings (SSSR count). The molecule has 2 fully saturated rings. The highest BCUT2D eigenvalue weighted by atomic mass is 32.2. The van der Waals surface area contributed by atoms with E-state index in [1.807, 2.05) is 203 Å². The molecule has 1 atom stereocenters. The Labute approximate surface area is 770 Å². The number of nitrogens with zero attached hydrogens (tertiary/aromatic N) is 15. The van der Waals surface area contributed by atoms with Crippen LogP contribution in [0.2, 0.25) is 0 Å². The fourth-order valence-electron chi connectivity index (χ4n) is 14.3. The van der Waals surface area contributed by atoms with Gasteiger partial charge in [-0.05, 0) is 155 Å². The molecule has 1 aliphatic carbocycles. The maximum absolute atomic E-state index is 11.9. The highest BCUT2D eigenvalue weighted by Gasteiger charge is 2.20. The van der Waals surface area contributed by atoms with E-state index in [4.69, 9.17) is 53.0 Å². The predicted molar refractivity (Wildman–Crippen MR) is 501 cm³/mol. The van der Waals surface area contributed by atoms with Gasteiger partial charge < -0.3 is 84.4 Å². The number of aliphatic hydroxyl groups excluding tert-OH is 1. The lowest BCUT2D eigenvalue weighted by Gasteiger charge is -2.21. The molecule has 0 bridgehead atoms. The minimum Gasteiger partial charge on any atom is -0.465 e. The predicted octanol–water partition coefficient (Wildman–Crippen LogP) is 15.4. The Hall–Kier alpha value is -13.2. The van der Waals surface area contributed by atoms with Gasteiger partial charge in [0.05, 0.1) is 160 Å². The normalized spacial score (nSPS) is 12.7. The van der Waals surface area contributed by atoms with Crippen molar-refractivity contribution in [1.29, 1.82) is 5.26 Å². The van der Waals surface area contributed by atoms with Gasteiger partial charge in [-0.25, -0.2) is 34.9 Å². The third-order valence-electron chi connectivity index (χ3n) is 20.9. The Morgan fingerprint density at radius 2 is 0.689 bits per heavy atom. The topological polar surface area (TPSA) is 381 Å². The van der Waals surface area contributed by atoms with Crippen molar-refractivity contribution in [3.63, 3.8) is 0 Å². The van der Waals surface area contributed by atoms with E-state index in [0.29, 0.717) is 97.6 Å². The molecule has 2 aliphatic rings. The summed E-state index contributed by atoms with van der Waals surface area (Å²) >= 11 is 1.68. The van der Waals surface area contributed by atoms with Crippen LogP contribution in [0.25, 0.3) is 77.2 Å². The molecule has 34 heteroatoms. The number of para-hydroxylation sites is 14.